The Kier molecular flexibility index (Phi) is 6.06. The highest BCUT2D eigenvalue weighted by Crippen LogP contribution is 2.19. The van der Waals surface area contributed by atoms with Gasteiger partial charge in [0.25, 0.3) is 0 Å². The molecule has 2 rings (SSSR count). The fourth-order valence-corrected chi connectivity index (χ4v) is 2.50. The van der Waals surface area contributed by atoms with Crippen molar-refractivity contribution in [1.29, 1.82) is 0 Å². The Balaban J connectivity index is 1.82. The molecule has 112 valence electrons. The minimum Gasteiger partial charge on any atom is -0.314 e. The lowest BCUT2D eigenvalue weighted by Gasteiger charge is -2.20. The van der Waals surface area contributed by atoms with E-state index in [1.165, 1.54) is 36.9 Å². The molecule has 1 aromatic rings. The van der Waals surface area contributed by atoms with Crippen LogP contribution in [0.2, 0.25) is 0 Å². The van der Waals surface area contributed by atoms with Gasteiger partial charge in [-0.2, -0.15) is 0 Å². The molecule has 20 heavy (non-hydrogen) atoms. The van der Waals surface area contributed by atoms with Crippen LogP contribution in [0.4, 0.5) is 0 Å². The number of rotatable bonds is 9. The molecular weight excluding hydrogens is 244 g/mol. The van der Waals surface area contributed by atoms with Crippen LogP contribution in [-0.4, -0.2) is 31.1 Å². The average molecular weight is 274 g/mol. The molecule has 0 aromatic heterocycles. The fourth-order valence-electron chi connectivity index (χ4n) is 2.50. The third kappa shape index (κ3) is 5.64. The van der Waals surface area contributed by atoms with Crippen LogP contribution >= 0.6 is 0 Å². The molecule has 0 bridgehead atoms. The van der Waals surface area contributed by atoms with Gasteiger partial charge in [-0.1, -0.05) is 38.1 Å². The van der Waals surface area contributed by atoms with Crippen molar-refractivity contribution in [1.82, 2.24) is 10.2 Å². The van der Waals surface area contributed by atoms with Crippen LogP contribution < -0.4 is 5.32 Å². The molecule has 0 heterocycles. The second-order valence-electron chi connectivity index (χ2n) is 6.67. The van der Waals surface area contributed by atoms with Crippen LogP contribution in [0.3, 0.4) is 0 Å². The van der Waals surface area contributed by atoms with Crippen molar-refractivity contribution in [3.8, 4) is 0 Å². The zero-order chi connectivity index (χ0) is 14.4. The lowest BCUT2D eigenvalue weighted by Crippen LogP contribution is -2.23. The molecule has 2 nitrogen and oxygen atoms in total. The van der Waals surface area contributed by atoms with E-state index >= 15 is 0 Å². The van der Waals surface area contributed by atoms with Crippen LogP contribution in [0, 0.1) is 5.92 Å². The summed E-state index contributed by atoms with van der Waals surface area (Å²) >= 11 is 0. The SMILES string of the molecule is CC(C)CCN(C)Cc1ccccc1CCNC1CC1. The van der Waals surface area contributed by atoms with Gasteiger partial charge in [0, 0.05) is 12.6 Å². The molecule has 1 aliphatic carbocycles. The largest absolute Gasteiger partial charge is 0.314 e. The summed E-state index contributed by atoms with van der Waals surface area (Å²) in [6.45, 7) is 7.98. The number of hydrogen-bond donors (Lipinski definition) is 1. The second-order valence-corrected chi connectivity index (χ2v) is 6.67. The van der Waals surface area contributed by atoms with Gasteiger partial charge in [-0.3, -0.25) is 0 Å². The maximum atomic E-state index is 3.61. The Bertz CT molecular complexity index is 396. The van der Waals surface area contributed by atoms with Gasteiger partial charge in [-0.25, -0.2) is 0 Å². The first-order valence-corrected chi connectivity index (χ1v) is 8.14. The lowest BCUT2D eigenvalue weighted by atomic mass is 10.0. The van der Waals surface area contributed by atoms with E-state index in [1.807, 2.05) is 0 Å². The zero-order valence-corrected chi connectivity index (χ0v) is 13.4. The van der Waals surface area contributed by atoms with Gasteiger partial charge in [0.15, 0.2) is 0 Å². The maximum absolute atomic E-state index is 3.61. The van der Waals surface area contributed by atoms with E-state index < -0.39 is 0 Å². The fraction of sp³-hybridized carbons (Fsp3) is 0.667. The quantitative estimate of drug-likeness (QED) is 0.742. The molecule has 1 aliphatic rings. The van der Waals surface area contributed by atoms with Crippen LogP contribution in [0.15, 0.2) is 24.3 Å². The molecule has 0 radical (unpaired) electrons. The summed E-state index contributed by atoms with van der Waals surface area (Å²) in [5.74, 6) is 0.787. The molecule has 0 spiro atoms. The van der Waals surface area contributed by atoms with E-state index in [0.717, 1.165) is 31.5 Å². The summed E-state index contributed by atoms with van der Waals surface area (Å²) in [7, 11) is 2.24. The normalized spacial score (nSPS) is 15.2. The van der Waals surface area contributed by atoms with Crippen LogP contribution in [-0.2, 0) is 13.0 Å². The van der Waals surface area contributed by atoms with Crippen molar-refractivity contribution in [3.63, 3.8) is 0 Å². The molecule has 0 atom stereocenters. The molecule has 0 unspecified atom stereocenters. The van der Waals surface area contributed by atoms with Crippen molar-refractivity contribution < 1.29 is 0 Å². The zero-order valence-electron chi connectivity index (χ0n) is 13.4. The van der Waals surface area contributed by atoms with E-state index in [1.54, 1.807) is 0 Å². The first kappa shape index (κ1) is 15.5. The molecule has 0 aliphatic heterocycles. The predicted molar refractivity (Wildman–Crippen MR) is 87.0 cm³/mol. The Morgan fingerprint density at radius 1 is 1.20 bits per heavy atom. The van der Waals surface area contributed by atoms with Gasteiger partial charge in [0.1, 0.15) is 0 Å². The highest BCUT2D eigenvalue weighted by atomic mass is 15.1. The molecule has 1 N–H and O–H groups in total. The molecular formula is C18H30N2. The first-order valence-electron chi connectivity index (χ1n) is 8.14. The minimum absolute atomic E-state index is 0.787. The van der Waals surface area contributed by atoms with Gasteiger partial charge in [0.05, 0.1) is 0 Å². The summed E-state index contributed by atoms with van der Waals surface area (Å²) in [4.78, 5) is 2.45. The van der Waals surface area contributed by atoms with Gasteiger partial charge in [-0.05, 0) is 62.9 Å². The average Bonchev–Trinajstić information content (AvgIpc) is 3.22. The van der Waals surface area contributed by atoms with E-state index in [2.05, 4.69) is 55.4 Å². The summed E-state index contributed by atoms with van der Waals surface area (Å²) in [6, 6.07) is 9.74. The standard InChI is InChI=1S/C18H30N2/c1-15(2)11-13-20(3)14-17-7-5-4-6-16(17)10-12-19-18-8-9-18/h4-7,15,18-19H,8-14H2,1-3H3. The third-order valence-corrected chi connectivity index (χ3v) is 4.05. The third-order valence-electron chi connectivity index (χ3n) is 4.05. The lowest BCUT2D eigenvalue weighted by molar-refractivity contribution is 0.302. The molecule has 0 saturated heterocycles. The first-order chi connectivity index (χ1) is 9.65. The van der Waals surface area contributed by atoms with E-state index in [-0.39, 0.29) is 0 Å². The molecule has 1 saturated carbocycles. The van der Waals surface area contributed by atoms with Crippen molar-refractivity contribution in [3.05, 3.63) is 35.4 Å². The smallest absolute Gasteiger partial charge is 0.0233 e. The monoisotopic (exact) mass is 274 g/mol. The maximum Gasteiger partial charge on any atom is 0.0233 e. The molecule has 2 heteroatoms. The summed E-state index contributed by atoms with van der Waals surface area (Å²) in [6.07, 6.45) is 5.19. The highest BCUT2D eigenvalue weighted by Gasteiger charge is 2.19. The molecule has 1 fully saturated rings. The second kappa shape index (κ2) is 7.80. The Hall–Kier alpha value is -0.860. The number of benzene rings is 1. The van der Waals surface area contributed by atoms with Crippen molar-refractivity contribution in [2.24, 2.45) is 5.92 Å². The van der Waals surface area contributed by atoms with Crippen LogP contribution in [0.25, 0.3) is 0 Å². The topological polar surface area (TPSA) is 15.3 Å². The van der Waals surface area contributed by atoms with Crippen molar-refractivity contribution >= 4 is 0 Å². The van der Waals surface area contributed by atoms with Gasteiger partial charge in [0.2, 0.25) is 0 Å². The minimum atomic E-state index is 0.787. The highest BCUT2D eigenvalue weighted by molar-refractivity contribution is 5.27. The number of hydrogen-bond acceptors (Lipinski definition) is 2. The van der Waals surface area contributed by atoms with Crippen molar-refractivity contribution in [2.45, 2.75) is 52.1 Å². The molecule has 0 amide bonds. The Morgan fingerprint density at radius 2 is 1.90 bits per heavy atom. The Labute approximate surface area is 124 Å². The van der Waals surface area contributed by atoms with Crippen LogP contribution in [0.5, 0.6) is 0 Å². The predicted octanol–water partition coefficient (Wildman–Crippen LogP) is 3.46. The number of nitrogens with zero attached hydrogens (tertiary/aromatic N) is 1. The Morgan fingerprint density at radius 3 is 2.55 bits per heavy atom. The summed E-state index contributed by atoms with van der Waals surface area (Å²) in [5, 5.41) is 3.61. The van der Waals surface area contributed by atoms with E-state index in [0.29, 0.717) is 0 Å². The van der Waals surface area contributed by atoms with Gasteiger partial charge >= 0.3 is 0 Å². The van der Waals surface area contributed by atoms with Crippen molar-refractivity contribution in [2.75, 3.05) is 20.1 Å². The van der Waals surface area contributed by atoms with Crippen LogP contribution in [0.1, 0.15) is 44.2 Å². The number of nitrogens with one attached hydrogen (secondary N) is 1. The van der Waals surface area contributed by atoms with E-state index in [9.17, 15) is 0 Å². The van der Waals surface area contributed by atoms with E-state index in [4.69, 9.17) is 0 Å². The summed E-state index contributed by atoms with van der Waals surface area (Å²) in [5.41, 5.74) is 3.01. The summed E-state index contributed by atoms with van der Waals surface area (Å²) < 4.78 is 0. The van der Waals surface area contributed by atoms with Gasteiger partial charge < -0.3 is 10.2 Å². The van der Waals surface area contributed by atoms with Gasteiger partial charge in [-0.15, -0.1) is 0 Å². The molecule has 1 aromatic carbocycles.